The maximum atomic E-state index is 13.6. The van der Waals surface area contributed by atoms with Gasteiger partial charge in [0.25, 0.3) is 5.56 Å². The number of hydrogen-bond donors (Lipinski definition) is 0. The summed E-state index contributed by atoms with van der Waals surface area (Å²) in [7, 11) is 1.87. The Morgan fingerprint density at radius 3 is 2.27 bits per heavy atom. The fourth-order valence-corrected chi connectivity index (χ4v) is 5.29. The van der Waals surface area contributed by atoms with Crippen LogP contribution in [0.3, 0.4) is 0 Å². The summed E-state index contributed by atoms with van der Waals surface area (Å²) in [6.45, 7) is 8.94. The molecule has 4 rings (SSSR count). The van der Waals surface area contributed by atoms with Crippen molar-refractivity contribution in [3.05, 3.63) is 87.8 Å². The molecule has 0 spiro atoms. The lowest BCUT2D eigenvalue weighted by Crippen LogP contribution is -2.41. The second-order valence-electron chi connectivity index (χ2n) is 10.3. The van der Waals surface area contributed by atoms with Crippen molar-refractivity contribution in [3.63, 3.8) is 0 Å². The quantitative estimate of drug-likeness (QED) is 0.369. The van der Waals surface area contributed by atoms with Gasteiger partial charge in [-0.15, -0.1) is 0 Å². The zero-order valence-corrected chi connectivity index (χ0v) is 24.1. The molecule has 2 aromatic carbocycles. The Labute approximate surface area is 236 Å². The first-order chi connectivity index (χ1) is 19.3. The Bertz CT molecular complexity index is 1330. The van der Waals surface area contributed by atoms with Crippen molar-refractivity contribution in [1.29, 1.82) is 0 Å². The maximum Gasteiger partial charge on any atom is 0.276 e. The monoisotopic (exact) mass is 547 g/mol. The van der Waals surface area contributed by atoms with Crippen LogP contribution in [0, 0.1) is 6.92 Å². The minimum atomic E-state index is -0.359. The zero-order valence-electron chi connectivity index (χ0n) is 24.1. The number of amides is 2. The first kappa shape index (κ1) is 29.3. The molecule has 1 saturated heterocycles. The Kier molecular flexibility index (Phi) is 9.95. The van der Waals surface area contributed by atoms with Gasteiger partial charge in [-0.1, -0.05) is 48.5 Å². The predicted octanol–water partition coefficient (Wildman–Crippen LogP) is 2.62. The second kappa shape index (κ2) is 13.6. The molecule has 0 radical (unpaired) electrons. The van der Waals surface area contributed by atoms with Crippen LogP contribution >= 0.6 is 0 Å². The molecule has 0 aliphatic carbocycles. The summed E-state index contributed by atoms with van der Waals surface area (Å²) in [5.41, 5.74) is 3.35. The lowest BCUT2D eigenvalue weighted by Gasteiger charge is -2.26. The van der Waals surface area contributed by atoms with Crippen molar-refractivity contribution in [3.8, 4) is 5.69 Å². The maximum absolute atomic E-state index is 13.6. The van der Waals surface area contributed by atoms with Crippen LogP contribution in [0.2, 0.25) is 0 Å². The number of para-hydroxylation sites is 1. The van der Waals surface area contributed by atoms with E-state index in [0.29, 0.717) is 44.8 Å². The van der Waals surface area contributed by atoms with Gasteiger partial charge in [-0.05, 0) is 44.9 Å². The van der Waals surface area contributed by atoms with Crippen molar-refractivity contribution in [2.45, 2.75) is 39.8 Å². The molecule has 2 heterocycles. The molecule has 0 saturated carbocycles. The minimum Gasteiger partial charge on any atom is -0.365 e. The summed E-state index contributed by atoms with van der Waals surface area (Å²) < 4.78 is 9.67. The average molecular weight is 548 g/mol. The fraction of sp³-hybridized carbons (Fsp3) is 0.452. The van der Waals surface area contributed by atoms with Gasteiger partial charge in [0.1, 0.15) is 6.61 Å². The number of rotatable bonds is 11. The number of benzene rings is 2. The van der Waals surface area contributed by atoms with E-state index in [1.807, 2.05) is 90.8 Å². The Hall–Kier alpha value is -3.69. The van der Waals surface area contributed by atoms with E-state index in [0.717, 1.165) is 23.4 Å². The standard InChI is InChI=1S/C31H41N5O4/c1-5-34(6-2)30(38)23-40-27-19-33(22-29(37)35(20-27)18-17-25-13-9-7-10-14-25)21-28-24(3)32(4)36(31(28)39)26-15-11-8-12-16-26/h7-16,27H,5-6,17-23H2,1-4H3. The molecule has 1 fully saturated rings. The Morgan fingerprint density at radius 2 is 1.62 bits per heavy atom. The number of carbonyl (C=O) groups excluding carboxylic acids is 2. The number of ether oxygens (including phenoxy) is 1. The highest BCUT2D eigenvalue weighted by Gasteiger charge is 2.30. The Balaban J connectivity index is 1.55. The van der Waals surface area contributed by atoms with E-state index in [-0.39, 0.29) is 36.6 Å². The highest BCUT2D eigenvalue weighted by molar-refractivity contribution is 5.79. The van der Waals surface area contributed by atoms with Gasteiger partial charge in [0.05, 0.1) is 23.9 Å². The lowest BCUT2D eigenvalue weighted by atomic mass is 10.1. The van der Waals surface area contributed by atoms with Crippen LogP contribution in [0.5, 0.6) is 0 Å². The third-order valence-electron chi connectivity index (χ3n) is 7.72. The normalized spacial score (nSPS) is 16.2. The van der Waals surface area contributed by atoms with Gasteiger partial charge in [0.15, 0.2) is 0 Å². The molecule has 214 valence electrons. The highest BCUT2D eigenvalue weighted by atomic mass is 16.5. The Morgan fingerprint density at radius 1 is 0.975 bits per heavy atom. The molecule has 1 unspecified atom stereocenters. The third kappa shape index (κ3) is 6.89. The van der Waals surface area contributed by atoms with Gasteiger partial charge in [-0.2, -0.15) is 0 Å². The first-order valence-corrected chi connectivity index (χ1v) is 14.1. The summed E-state index contributed by atoms with van der Waals surface area (Å²) >= 11 is 0. The number of aromatic nitrogens is 2. The van der Waals surface area contributed by atoms with E-state index in [4.69, 9.17) is 4.74 Å². The predicted molar refractivity (Wildman–Crippen MR) is 155 cm³/mol. The van der Waals surface area contributed by atoms with Gasteiger partial charge in [0, 0.05) is 52.0 Å². The molecule has 2 amide bonds. The number of nitrogens with zero attached hydrogens (tertiary/aromatic N) is 5. The number of carbonyl (C=O) groups is 2. The van der Waals surface area contributed by atoms with Crippen LogP contribution in [-0.2, 0) is 34.3 Å². The van der Waals surface area contributed by atoms with E-state index in [1.54, 1.807) is 9.58 Å². The van der Waals surface area contributed by atoms with Gasteiger partial charge in [-0.3, -0.25) is 24.0 Å². The molecule has 1 aliphatic heterocycles. The molecule has 1 aromatic heterocycles. The van der Waals surface area contributed by atoms with E-state index < -0.39 is 0 Å². The average Bonchev–Trinajstić information content (AvgIpc) is 3.08. The molecule has 0 bridgehead atoms. The largest absolute Gasteiger partial charge is 0.365 e. The summed E-state index contributed by atoms with van der Waals surface area (Å²) in [5, 5.41) is 0. The fourth-order valence-electron chi connectivity index (χ4n) is 5.29. The topological polar surface area (TPSA) is 80.0 Å². The lowest BCUT2D eigenvalue weighted by molar-refractivity contribution is -0.138. The van der Waals surface area contributed by atoms with Crippen LogP contribution in [0.4, 0.5) is 0 Å². The van der Waals surface area contributed by atoms with Crippen molar-refractivity contribution < 1.29 is 14.3 Å². The molecular weight excluding hydrogens is 506 g/mol. The highest BCUT2D eigenvalue weighted by Crippen LogP contribution is 2.16. The number of hydrogen-bond acceptors (Lipinski definition) is 5. The molecule has 3 aromatic rings. The SMILES string of the molecule is CCN(CC)C(=O)COC1CN(Cc2c(C)n(C)n(-c3ccccc3)c2=O)CC(=O)N(CCc2ccccc2)C1. The van der Waals surface area contributed by atoms with Crippen LogP contribution in [0.15, 0.2) is 65.5 Å². The number of likely N-dealkylation sites (N-methyl/N-ethyl adjacent to an activating group) is 1. The summed E-state index contributed by atoms with van der Waals surface area (Å²) in [6.07, 6.45) is 0.374. The molecule has 1 atom stereocenters. The van der Waals surface area contributed by atoms with Gasteiger partial charge < -0.3 is 14.5 Å². The summed E-state index contributed by atoms with van der Waals surface area (Å²) in [4.78, 5) is 45.2. The van der Waals surface area contributed by atoms with Crippen molar-refractivity contribution in [1.82, 2.24) is 24.1 Å². The van der Waals surface area contributed by atoms with Crippen LogP contribution in [0.25, 0.3) is 5.69 Å². The van der Waals surface area contributed by atoms with E-state index in [2.05, 4.69) is 12.1 Å². The molecule has 0 N–H and O–H groups in total. The molecular formula is C31H41N5O4. The van der Waals surface area contributed by atoms with E-state index >= 15 is 0 Å². The summed E-state index contributed by atoms with van der Waals surface area (Å²) in [6, 6.07) is 19.6. The van der Waals surface area contributed by atoms with E-state index in [9.17, 15) is 14.4 Å². The van der Waals surface area contributed by atoms with Crippen LogP contribution in [-0.4, -0.2) is 87.9 Å². The molecule has 1 aliphatic rings. The van der Waals surface area contributed by atoms with Crippen molar-refractivity contribution in [2.75, 3.05) is 45.9 Å². The van der Waals surface area contributed by atoms with Crippen LogP contribution in [0.1, 0.15) is 30.7 Å². The zero-order chi connectivity index (χ0) is 28.6. The third-order valence-corrected chi connectivity index (χ3v) is 7.72. The first-order valence-electron chi connectivity index (χ1n) is 14.1. The van der Waals surface area contributed by atoms with Crippen molar-refractivity contribution >= 4 is 11.8 Å². The van der Waals surface area contributed by atoms with E-state index in [1.165, 1.54) is 0 Å². The van der Waals surface area contributed by atoms with Gasteiger partial charge in [-0.25, -0.2) is 4.68 Å². The minimum absolute atomic E-state index is 0.00549. The van der Waals surface area contributed by atoms with Gasteiger partial charge >= 0.3 is 0 Å². The molecule has 40 heavy (non-hydrogen) atoms. The molecule has 9 heteroatoms. The smallest absolute Gasteiger partial charge is 0.276 e. The van der Waals surface area contributed by atoms with Gasteiger partial charge in [0.2, 0.25) is 11.8 Å². The molecule has 9 nitrogen and oxygen atoms in total. The van der Waals surface area contributed by atoms with Crippen LogP contribution < -0.4 is 5.56 Å². The second-order valence-corrected chi connectivity index (χ2v) is 10.3. The summed E-state index contributed by atoms with van der Waals surface area (Å²) in [5.74, 6) is -0.0679. The van der Waals surface area contributed by atoms with Crippen molar-refractivity contribution in [2.24, 2.45) is 7.05 Å².